The van der Waals surface area contributed by atoms with Gasteiger partial charge in [0.15, 0.2) is 0 Å². The summed E-state index contributed by atoms with van der Waals surface area (Å²) in [4.78, 5) is 6.42. The van der Waals surface area contributed by atoms with Crippen molar-refractivity contribution >= 4 is 50.3 Å². The summed E-state index contributed by atoms with van der Waals surface area (Å²) < 4.78 is 1.12. The van der Waals surface area contributed by atoms with Crippen LogP contribution in [0.1, 0.15) is 34.5 Å². The third kappa shape index (κ3) is 3.27. The molecule has 2 aromatic heterocycles. The molecule has 0 atom stereocenters. The Morgan fingerprint density at radius 1 is 1.43 bits per heavy atom. The lowest BCUT2D eigenvalue weighted by Crippen LogP contribution is -2.17. The Labute approximate surface area is 142 Å². The number of pyridine rings is 1. The second-order valence-electron chi connectivity index (χ2n) is 5.11. The molecule has 2 heterocycles. The summed E-state index contributed by atoms with van der Waals surface area (Å²) in [5, 5.41) is 5.46. The number of nitrogens with one attached hydrogen (secondary N) is 1. The van der Waals surface area contributed by atoms with Gasteiger partial charge in [-0.15, -0.1) is 11.3 Å². The minimum atomic E-state index is 0.406. The van der Waals surface area contributed by atoms with Gasteiger partial charge in [-0.2, -0.15) is 0 Å². The summed E-state index contributed by atoms with van der Waals surface area (Å²) >= 11 is 10.4. The van der Waals surface area contributed by atoms with Crippen molar-refractivity contribution in [3.8, 4) is 0 Å². The number of thiophene rings is 1. The normalized spacial score (nSPS) is 13.8. The Morgan fingerprint density at radius 3 is 2.95 bits per heavy atom. The number of aromatic nitrogens is 1. The molecule has 110 valence electrons. The highest BCUT2D eigenvalue weighted by Gasteiger charge is 2.16. The predicted molar refractivity (Wildman–Crippen MR) is 96.1 cm³/mol. The highest BCUT2D eigenvalue weighted by atomic mass is 79.9. The van der Waals surface area contributed by atoms with E-state index in [-0.39, 0.29) is 0 Å². The van der Waals surface area contributed by atoms with Gasteiger partial charge in [-0.25, -0.2) is 4.98 Å². The number of anilines is 1. The number of nitrogens with two attached hydrogens (primary N) is 1. The van der Waals surface area contributed by atoms with Crippen LogP contribution in [0.25, 0.3) is 0 Å². The Kier molecular flexibility index (Phi) is 4.57. The topological polar surface area (TPSA) is 50.9 Å². The average Bonchev–Trinajstić information content (AvgIpc) is 2.89. The van der Waals surface area contributed by atoms with Crippen molar-refractivity contribution in [3.05, 3.63) is 43.7 Å². The highest BCUT2D eigenvalue weighted by molar-refractivity contribution is 9.10. The number of rotatable bonds is 4. The van der Waals surface area contributed by atoms with Crippen LogP contribution in [-0.4, -0.2) is 9.97 Å². The number of halogens is 1. The number of hydrogen-bond acceptors (Lipinski definition) is 4. The second kappa shape index (κ2) is 6.42. The van der Waals surface area contributed by atoms with Gasteiger partial charge in [0.25, 0.3) is 0 Å². The third-order valence-electron chi connectivity index (χ3n) is 3.67. The van der Waals surface area contributed by atoms with Gasteiger partial charge in [-0.3, -0.25) is 0 Å². The second-order valence-corrected chi connectivity index (χ2v) is 7.40. The molecule has 0 aliphatic heterocycles. The van der Waals surface area contributed by atoms with E-state index in [9.17, 15) is 0 Å². The van der Waals surface area contributed by atoms with E-state index in [1.807, 2.05) is 0 Å². The number of fused-ring (bicyclic) bond motifs is 1. The third-order valence-corrected chi connectivity index (χ3v) is 5.82. The minimum absolute atomic E-state index is 0.406. The van der Waals surface area contributed by atoms with Crippen molar-refractivity contribution < 1.29 is 0 Å². The van der Waals surface area contributed by atoms with Crippen LogP contribution in [-0.2, 0) is 19.4 Å². The first-order valence-electron chi connectivity index (χ1n) is 6.93. The molecule has 0 aromatic carbocycles. The van der Waals surface area contributed by atoms with Crippen LogP contribution >= 0.6 is 39.5 Å². The van der Waals surface area contributed by atoms with Gasteiger partial charge in [-0.1, -0.05) is 12.2 Å². The van der Waals surface area contributed by atoms with Gasteiger partial charge in [0.2, 0.25) is 0 Å². The lowest BCUT2D eigenvalue weighted by molar-refractivity contribution is 0.668. The zero-order valence-electron chi connectivity index (χ0n) is 11.5. The van der Waals surface area contributed by atoms with Gasteiger partial charge in [0.1, 0.15) is 10.8 Å². The lowest BCUT2D eigenvalue weighted by atomic mass is 9.94. The molecule has 3 N–H and O–H groups in total. The van der Waals surface area contributed by atoms with E-state index in [2.05, 4.69) is 38.8 Å². The van der Waals surface area contributed by atoms with Crippen LogP contribution in [0, 0.1) is 0 Å². The van der Waals surface area contributed by atoms with Crippen LogP contribution < -0.4 is 11.1 Å². The molecule has 3 rings (SSSR count). The van der Waals surface area contributed by atoms with E-state index in [0.717, 1.165) is 35.2 Å². The van der Waals surface area contributed by atoms with Gasteiger partial charge in [-0.05, 0) is 64.7 Å². The zero-order chi connectivity index (χ0) is 14.8. The van der Waals surface area contributed by atoms with E-state index in [1.165, 1.54) is 29.0 Å². The van der Waals surface area contributed by atoms with E-state index in [0.29, 0.717) is 4.99 Å². The Bertz CT molecular complexity index is 682. The standard InChI is InChI=1S/C15H16BrN3S2/c16-11-5-6-21-13(11)8-18-15-10(14(17)20)7-9-3-1-2-4-12(9)19-15/h5-7H,1-4,8H2,(H2,17,20)(H,18,19). The van der Waals surface area contributed by atoms with Gasteiger partial charge in [0.05, 0.1) is 12.1 Å². The van der Waals surface area contributed by atoms with E-state index < -0.39 is 0 Å². The summed E-state index contributed by atoms with van der Waals surface area (Å²) in [7, 11) is 0. The molecular formula is C15H16BrN3S2. The molecule has 0 saturated carbocycles. The SMILES string of the molecule is NC(=S)c1cc2c(nc1NCc1sccc1Br)CCCC2. The molecule has 2 aromatic rings. The number of nitrogens with zero attached hydrogens (tertiary/aromatic N) is 1. The van der Waals surface area contributed by atoms with Crippen molar-refractivity contribution in [1.29, 1.82) is 0 Å². The van der Waals surface area contributed by atoms with Crippen molar-refractivity contribution in [2.45, 2.75) is 32.2 Å². The summed E-state index contributed by atoms with van der Waals surface area (Å²) in [6.07, 6.45) is 4.56. The summed E-state index contributed by atoms with van der Waals surface area (Å²) in [6, 6.07) is 4.17. The van der Waals surface area contributed by atoms with Crippen LogP contribution in [0.4, 0.5) is 5.82 Å². The van der Waals surface area contributed by atoms with Gasteiger partial charge >= 0.3 is 0 Å². The Morgan fingerprint density at radius 2 is 2.24 bits per heavy atom. The fourth-order valence-electron chi connectivity index (χ4n) is 2.57. The van der Waals surface area contributed by atoms with Gasteiger partial charge in [0, 0.05) is 15.0 Å². The monoisotopic (exact) mass is 381 g/mol. The average molecular weight is 382 g/mol. The van der Waals surface area contributed by atoms with E-state index in [1.54, 1.807) is 11.3 Å². The van der Waals surface area contributed by atoms with E-state index >= 15 is 0 Å². The minimum Gasteiger partial charge on any atom is -0.389 e. The lowest BCUT2D eigenvalue weighted by Gasteiger charge is -2.19. The van der Waals surface area contributed by atoms with Gasteiger partial charge < -0.3 is 11.1 Å². The first-order chi connectivity index (χ1) is 10.1. The molecule has 0 bridgehead atoms. The van der Waals surface area contributed by atoms with E-state index in [4.69, 9.17) is 22.9 Å². The first-order valence-corrected chi connectivity index (χ1v) is 9.01. The molecule has 1 aliphatic carbocycles. The largest absolute Gasteiger partial charge is 0.389 e. The Balaban J connectivity index is 1.89. The molecule has 1 aliphatic rings. The molecule has 3 nitrogen and oxygen atoms in total. The molecule has 0 amide bonds. The van der Waals surface area contributed by atoms with Crippen LogP contribution in [0.15, 0.2) is 22.0 Å². The summed E-state index contributed by atoms with van der Waals surface area (Å²) in [5.74, 6) is 0.809. The van der Waals surface area contributed by atoms with Crippen LogP contribution in [0.3, 0.4) is 0 Å². The molecule has 0 unspecified atom stereocenters. The first kappa shape index (κ1) is 14.9. The molecular weight excluding hydrogens is 366 g/mol. The maximum Gasteiger partial charge on any atom is 0.136 e. The quantitative estimate of drug-likeness (QED) is 0.784. The van der Waals surface area contributed by atoms with Crippen molar-refractivity contribution in [2.75, 3.05) is 5.32 Å². The maximum atomic E-state index is 5.87. The van der Waals surface area contributed by atoms with Crippen LogP contribution in [0.2, 0.25) is 0 Å². The fraction of sp³-hybridized carbons (Fsp3) is 0.333. The number of aryl methyl sites for hydroxylation is 2. The smallest absolute Gasteiger partial charge is 0.136 e. The Hall–Kier alpha value is -0.980. The number of hydrogen-bond donors (Lipinski definition) is 2. The molecule has 0 spiro atoms. The predicted octanol–water partition coefficient (Wildman–Crippen LogP) is 4.03. The van der Waals surface area contributed by atoms with Crippen molar-refractivity contribution in [1.82, 2.24) is 4.98 Å². The molecule has 0 fully saturated rings. The molecule has 21 heavy (non-hydrogen) atoms. The molecule has 0 radical (unpaired) electrons. The van der Waals surface area contributed by atoms with Crippen molar-refractivity contribution in [3.63, 3.8) is 0 Å². The zero-order valence-corrected chi connectivity index (χ0v) is 14.7. The number of thiocarbonyl (C=S) groups is 1. The molecule has 0 saturated heterocycles. The van der Waals surface area contributed by atoms with Crippen molar-refractivity contribution in [2.24, 2.45) is 5.73 Å². The fourth-order valence-corrected chi connectivity index (χ4v) is 4.16. The highest BCUT2D eigenvalue weighted by Crippen LogP contribution is 2.27. The maximum absolute atomic E-state index is 5.87. The van der Waals surface area contributed by atoms with Crippen LogP contribution in [0.5, 0.6) is 0 Å². The summed E-state index contributed by atoms with van der Waals surface area (Å²) in [6.45, 7) is 0.722. The summed E-state index contributed by atoms with van der Waals surface area (Å²) in [5.41, 5.74) is 9.22. The molecule has 6 heteroatoms.